The molecule has 0 aliphatic carbocycles. The number of hydrogen-bond acceptors (Lipinski definition) is 6. The number of rotatable bonds is 9. The number of carbonyl (C=O) groups is 1. The molecule has 150 valence electrons. The highest BCUT2D eigenvalue weighted by molar-refractivity contribution is 5.74. The summed E-state index contributed by atoms with van der Waals surface area (Å²) in [4.78, 5) is 15.9. The first kappa shape index (κ1) is 20.2. The fraction of sp³-hybridized carbons (Fsp3) is 0.217. The largest absolute Gasteiger partial charge is 0.487 e. The molecule has 0 aliphatic rings. The normalized spacial score (nSPS) is 11.4. The summed E-state index contributed by atoms with van der Waals surface area (Å²) in [5.41, 5.74) is 1.09. The predicted molar refractivity (Wildman–Crippen MR) is 108 cm³/mol. The zero-order valence-electron chi connectivity index (χ0n) is 16.4. The van der Waals surface area contributed by atoms with Crippen molar-refractivity contribution in [1.29, 1.82) is 0 Å². The van der Waals surface area contributed by atoms with Crippen LogP contribution >= 0.6 is 0 Å². The second-order valence-electron chi connectivity index (χ2n) is 6.19. The van der Waals surface area contributed by atoms with E-state index in [-0.39, 0.29) is 0 Å². The Balaban J connectivity index is 1.51. The molecule has 0 N–H and O–H groups in total. The summed E-state index contributed by atoms with van der Waals surface area (Å²) in [5, 5.41) is 0. The molecular formula is C23H23NO5. The minimum absolute atomic E-state index is 0.322. The lowest BCUT2D eigenvalue weighted by Crippen LogP contribution is -2.25. The lowest BCUT2D eigenvalue weighted by atomic mass is 10.2. The Morgan fingerprint density at radius 3 is 2.28 bits per heavy atom. The van der Waals surface area contributed by atoms with E-state index in [9.17, 15) is 4.79 Å². The van der Waals surface area contributed by atoms with Crippen LogP contribution in [0.5, 0.6) is 23.1 Å². The summed E-state index contributed by atoms with van der Waals surface area (Å²) in [7, 11) is 0. The third kappa shape index (κ3) is 6.24. The third-order valence-electron chi connectivity index (χ3n) is 3.94. The van der Waals surface area contributed by atoms with Gasteiger partial charge in [-0.25, -0.2) is 9.78 Å². The van der Waals surface area contributed by atoms with Gasteiger partial charge in [-0.2, -0.15) is 0 Å². The zero-order valence-corrected chi connectivity index (χ0v) is 16.4. The highest BCUT2D eigenvalue weighted by Gasteiger charge is 2.15. The van der Waals surface area contributed by atoms with E-state index in [0.29, 0.717) is 36.3 Å². The molecule has 0 radical (unpaired) electrons. The average molecular weight is 393 g/mol. The van der Waals surface area contributed by atoms with Crippen molar-refractivity contribution < 1.29 is 23.7 Å². The quantitative estimate of drug-likeness (QED) is 0.487. The first-order valence-corrected chi connectivity index (χ1v) is 9.38. The molecule has 0 fully saturated rings. The van der Waals surface area contributed by atoms with Crippen LogP contribution < -0.4 is 14.2 Å². The summed E-state index contributed by atoms with van der Waals surface area (Å²) >= 11 is 0. The monoisotopic (exact) mass is 393 g/mol. The van der Waals surface area contributed by atoms with Crippen molar-refractivity contribution in [2.75, 3.05) is 6.61 Å². The molecule has 0 bridgehead atoms. The van der Waals surface area contributed by atoms with Crippen molar-refractivity contribution in [3.05, 3.63) is 78.5 Å². The highest BCUT2D eigenvalue weighted by Crippen LogP contribution is 2.24. The van der Waals surface area contributed by atoms with E-state index in [1.54, 1.807) is 50.4 Å². The number of hydrogen-bond donors (Lipinski definition) is 0. The van der Waals surface area contributed by atoms with Crippen LogP contribution in [0.1, 0.15) is 19.4 Å². The van der Waals surface area contributed by atoms with E-state index in [1.807, 2.05) is 36.4 Å². The number of ether oxygens (including phenoxy) is 4. The summed E-state index contributed by atoms with van der Waals surface area (Å²) < 4.78 is 21.9. The number of pyridine rings is 1. The van der Waals surface area contributed by atoms with Gasteiger partial charge in [-0.1, -0.05) is 30.3 Å². The number of aromatic nitrogens is 1. The van der Waals surface area contributed by atoms with Gasteiger partial charge in [0.15, 0.2) is 6.10 Å². The van der Waals surface area contributed by atoms with Crippen LogP contribution in [0.25, 0.3) is 0 Å². The van der Waals surface area contributed by atoms with Crippen LogP contribution in [-0.2, 0) is 16.1 Å². The lowest BCUT2D eigenvalue weighted by molar-refractivity contribution is -0.150. The number of esters is 1. The molecule has 0 spiro atoms. The maximum absolute atomic E-state index is 11.6. The maximum atomic E-state index is 11.6. The first-order chi connectivity index (χ1) is 14.1. The Bertz CT molecular complexity index is 895. The molecule has 1 heterocycles. The van der Waals surface area contributed by atoms with E-state index < -0.39 is 12.1 Å². The van der Waals surface area contributed by atoms with Gasteiger partial charge in [0.1, 0.15) is 23.9 Å². The fourth-order valence-corrected chi connectivity index (χ4v) is 2.47. The van der Waals surface area contributed by atoms with Crippen LogP contribution in [-0.4, -0.2) is 23.7 Å². The minimum Gasteiger partial charge on any atom is -0.487 e. The zero-order chi connectivity index (χ0) is 20.5. The summed E-state index contributed by atoms with van der Waals surface area (Å²) in [5.74, 6) is 1.87. The molecule has 0 saturated carbocycles. The van der Waals surface area contributed by atoms with E-state index in [4.69, 9.17) is 18.9 Å². The molecular weight excluding hydrogens is 370 g/mol. The molecule has 6 heteroatoms. The van der Waals surface area contributed by atoms with E-state index in [0.717, 1.165) is 5.56 Å². The van der Waals surface area contributed by atoms with Gasteiger partial charge >= 0.3 is 5.97 Å². The predicted octanol–water partition coefficient (Wildman–Crippen LogP) is 4.78. The van der Waals surface area contributed by atoms with Gasteiger partial charge in [-0.3, -0.25) is 0 Å². The highest BCUT2D eigenvalue weighted by atomic mass is 16.6. The van der Waals surface area contributed by atoms with Crippen LogP contribution in [0.4, 0.5) is 0 Å². The second-order valence-corrected chi connectivity index (χ2v) is 6.19. The molecule has 3 aromatic rings. The van der Waals surface area contributed by atoms with Crippen molar-refractivity contribution in [1.82, 2.24) is 4.98 Å². The molecule has 1 aromatic heterocycles. The fourth-order valence-electron chi connectivity index (χ4n) is 2.47. The van der Waals surface area contributed by atoms with Gasteiger partial charge in [-0.15, -0.1) is 0 Å². The first-order valence-electron chi connectivity index (χ1n) is 9.38. The summed E-state index contributed by atoms with van der Waals surface area (Å²) in [6.45, 7) is 4.21. The number of carbonyl (C=O) groups excluding carboxylic acids is 1. The summed E-state index contributed by atoms with van der Waals surface area (Å²) in [6.07, 6.45) is 0.948. The summed E-state index contributed by atoms with van der Waals surface area (Å²) in [6, 6.07) is 20.4. The van der Waals surface area contributed by atoms with Crippen molar-refractivity contribution in [2.45, 2.75) is 26.6 Å². The lowest BCUT2D eigenvalue weighted by Gasteiger charge is -2.13. The van der Waals surface area contributed by atoms with Crippen LogP contribution in [0.3, 0.4) is 0 Å². The molecule has 0 aliphatic heterocycles. The Hall–Kier alpha value is -3.54. The van der Waals surface area contributed by atoms with Gasteiger partial charge in [0.2, 0.25) is 5.88 Å². The van der Waals surface area contributed by atoms with Crippen LogP contribution in [0.2, 0.25) is 0 Å². The number of nitrogens with zero attached hydrogens (tertiary/aromatic N) is 1. The Kier molecular flexibility index (Phi) is 7.05. The van der Waals surface area contributed by atoms with Crippen molar-refractivity contribution in [3.8, 4) is 23.1 Å². The molecule has 3 rings (SSSR count). The van der Waals surface area contributed by atoms with Gasteiger partial charge in [0.05, 0.1) is 12.8 Å². The minimum atomic E-state index is -0.674. The van der Waals surface area contributed by atoms with Gasteiger partial charge in [0, 0.05) is 6.07 Å². The van der Waals surface area contributed by atoms with E-state index in [2.05, 4.69) is 4.98 Å². The van der Waals surface area contributed by atoms with Crippen molar-refractivity contribution >= 4 is 5.97 Å². The van der Waals surface area contributed by atoms with Gasteiger partial charge < -0.3 is 18.9 Å². The third-order valence-corrected chi connectivity index (χ3v) is 3.94. The smallest absolute Gasteiger partial charge is 0.347 e. The average Bonchev–Trinajstić information content (AvgIpc) is 2.75. The molecule has 6 nitrogen and oxygen atoms in total. The number of benzene rings is 2. The molecule has 1 atom stereocenters. The SMILES string of the molecule is CCOC(=O)[C@@H](C)Oc1ccc(Oc2ccc(OCc3ccccc3)cn2)cc1. The Labute approximate surface area is 170 Å². The Morgan fingerprint density at radius 1 is 0.931 bits per heavy atom. The molecule has 0 saturated heterocycles. The topological polar surface area (TPSA) is 66.9 Å². The molecule has 2 aromatic carbocycles. The Morgan fingerprint density at radius 2 is 1.62 bits per heavy atom. The van der Waals surface area contributed by atoms with Crippen molar-refractivity contribution in [3.63, 3.8) is 0 Å². The van der Waals surface area contributed by atoms with Gasteiger partial charge in [0.25, 0.3) is 0 Å². The molecule has 0 unspecified atom stereocenters. The molecule has 29 heavy (non-hydrogen) atoms. The van der Waals surface area contributed by atoms with E-state index in [1.165, 1.54) is 0 Å². The van der Waals surface area contributed by atoms with Crippen molar-refractivity contribution in [2.24, 2.45) is 0 Å². The standard InChI is InChI=1S/C23H23NO5/c1-3-26-23(25)17(2)28-19-9-11-20(12-10-19)29-22-14-13-21(15-24-22)27-16-18-7-5-4-6-8-18/h4-15,17H,3,16H2,1-2H3/t17-/m1/s1. The molecule has 0 amide bonds. The van der Waals surface area contributed by atoms with Gasteiger partial charge in [-0.05, 0) is 49.7 Å². The van der Waals surface area contributed by atoms with Crippen LogP contribution in [0.15, 0.2) is 72.9 Å². The van der Waals surface area contributed by atoms with Crippen LogP contribution in [0, 0.1) is 0 Å². The maximum Gasteiger partial charge on any atom is 0.347 e. The second kappa shape index (κ2) is 10.1. The van der Waals surface area contributed by atoms with E-state index >= 15 is 0 Å².